The van der Waals surface area contributed by atoms with Gasteiger partial charge in [-0.25, -0.2) is 4.39 Å². The van der Waals surface area contributed by atoms with E-state index in [1.807, 2.05) is 45.0 Å². The summed E-state index contributed by atoms with van der Waals surface area (Å²) in [7, 11) is 0. The van der Waals surface area contributed by atoms with E-state index in [1.54, 1.807) is 25.1 Å². The number of aryl methyl sites for hydroxylation is 2. The lowest BCUT2D eigenvalue weighted by atomic mass is 10.1. The van der Waals surface area contributed by atoms with E-state index >= 15 is 0 Å². The quantitative estimate of drug-likeness (QED) is 0.681. The molecule has 0 aliphatic carbocycles. The zero-order valence-corrected chi connectivity index (χ0v) is 17.7. The van der Waals surface area contributed by atoms with Gasteiger partial charge >= 0.3 is 0 Å². The number of nitrogens with zero attached hydrogens (tertiary/aromatic N) is 1. The molecule has 0 aromatic heterocycles. The molecule has 2 aromatic rings. The predicted molar refractivity (Wildman–Crippen MR) is 114 cm³/mol. The fraction of sp³-hybridized carbons (Fsp3) is 0.417. The Hall–Kier alpha value is -2.69. The molecule has 2 amide bonds. The third-order valence-corrected chi connectivity index (χ3v) is 5.21. The third kappa shape index (κ3) is 6.70. The van der Waals surface area contributed by atoms with Crippen molar-refractivity contribution >= 4 is 11.8 Å². The van der Waals surface area contributed by atoms with Gasteiger partial charge in [-0.3, -0.25) is 9.59 Å². The molecular weight excluding hydrogens is 367 g/mol. The van der Waals surface area contributed by atoms with E-state index in [1.165, 1.54) is 11.0 Å². The summed E-state index contributed by atoms with van der Waals surface area (Å²) in [5.74, 6) is -0.765. The Morgan fingerprint density at radius 3 is 2.34 bits per heavy atom. The smallest absolute Gasteiger partial charge is 0.242 e. The maximum absolute atomic E-state index is 14.2. The van der Waals surface area contributed by atoms with Gasteiger partial charge in [0.1, 0.15) is 11.9 Å². The van der Waals surface area contributed by atoms with Crippen LogP contribution in [0.5, 0.6) is 0 Å². The highest BCUT2D eigenvalue weighted by Crippen LogP contribution is 2.16. The minimum atomic E-state index is -0.686. The molecule has 0 saturated heterocycles. The van der Waals surface area contributed by atoms with Crippen molar-refractivity contribution in [3.63, 3.8) is 0 Å². The molecule has 0 heterocycles. The highest BCUT2D eigenvalue weighted by atomic mass is 19.1. The fourth-order valence-electron chi connectivity index (χ4n) is 3.01. The molecule has 29 heavy (non-hydrogen) atoms. The van der Waals surface area contributed by atoms with E-state index in [0.717, 1.165) is 17.5 Å². The Bertz CT molecular complexity index is 820. The Kier molecular flexibility index (Phi) is 8.37. The molecule has 0 unspecified atom stereocenters. The second-order valence-electron chi connectivity index (χ2n) is 7.59. The van der Waals surface area contributed by atoms with E-state index < -0.39 is 6.04 Å². The number of halogens is 1. The summed E-state index contributed by atoms with van der Waals surface area (Å²) in [4.78, 5) is 27.1. The first-order valence-electron chi connectivity index (χ1n) is 10.2. The van der Waals surface area contributed by atoms with Crippen LogP contribution in [-0.2, 0) is 22.6 Å². The van der Waals surface area contributed by atoms with Gasteiger partial charge in [-0.2, -0.15) is 0 Å². The second-order valence-corrected chi connectivity index (χ2v) is 7.59. The van der Waals surface area contributed by atoms with Crippen LogP contribution in [0.25, 0.3) is 0 Å². The maximum Gasteiger partial charge on any atom is 0.242 e. The van der Waals surface area contributed by atoms with Crippen molar-refractivity contribution in [1.29, 1.82) is 0 Å². The first kappa shape index (κ1) is 22.6. The van der Waals surface area contributed by atoms with Crippen molar-refractivity contribution in [2.45, 2.75) is 65.6 Å². The average molecular weight is 399 g/mol. The van der Waals surface area contributed by atoms with E-state index in [2.05, 4.69) is 5.32 Å². The van der Waals surface area contributed by atoms with Crippen molar-refractivity contribution in [2.75, 3.05) is 0 Å². The normalized spacial score (nSPS) is 12.9. The molecule has 0 saturated carbocycles. The molecule has 2 rings (SSSR count). The van der Waals surface area contributed by atoms with Crippen molar-refractivity contribution in [3.05, 3.63) is 71.0 Å². The first-order valence-corrected chi connectivity index (χ1v) is 10.2. The number of carbonyl (C=O) groups is 2. The topological polar surface area (TPSA) is 49.4 Å². The summed E-state index contributed by atoms with van der Waals surface area (Å²) in [6.45, 7) is 7.68. The van der Waals surface area contributed by atoms with Crippen LogP contribution in [0.1, 0.15) is 50.3 Å². The number of rotatable bonds is 9. The lowest BCUT2D eigenvalue weighted by Gasteiger charge is -2.30. The van der Waals surface area contributed by atoms with Crippen molar-refractivity contribution in [2.24, 2.45) is 0 Å². The number of carbonyl (C=O) groups excluding carboxylic acids is 2. The highest BCUT2D eigenvalue weighted by molar-refractivity contribution is 5.87. The number of hydrogen-bond donors (Lipinski definition) is 1. The van der Waals surface area contributed by atoms with Crippen LogP contribution in [0.3, 0.4) is 0 Å². The molecule has 2 atom stereocenters. The summed E-state index contributed by atoms with van der Waals surface area (Å²) in [5.41, 5.74) is 2.63. The zero-order valence-electron chi connectivity index (χ0n) is 17.7. The van der Waals surface area contributed by atoms with E-state index in [-0.39, 0.29) is 36.6 Å². The molecular formula is C24H31FN2O2. The standard InChI is InChI=1S/C24H31FN2O2/c1-5-18(3)26-24(29)19(4)27(16-21-8-6-7-9-22(21)25)23(28)15-14-20-12-10-17(2)11-13-20/h6-13,18-19H,5,14-16H2,1-4H3,(H,26,29)/t18-,19-/m1/s1. The van der Waals surface area contributed by atoms with Gasteiger partial charge < -0.3 is 10.2 Å². The molecule has 0 spiro atoms. The Morgan fingerprint density at radius 1 is 1.07 bits per heavy atom. The molecule has 0 fully saturated rings. The molecule has 1 N–H and O–H groups in total. The molecule has 156 valence electrons. The molecule has 0 bridgehead atoms. The van der Waals surface area contributed by atoms with Crippen LogP contribution in [0.15, 0.2) is 48.5 Å². The lowest BCUT2D eigenvalue weighted by Crippen LogP contribution is -2.49. The Morgan fingerprint density at radius 2 is 1.72 bits per heavy atom. The zero-order chi connectivity index (χ0) is 21.4. The first-order chi connectivity index (χ1) is 13.8. The van der Waals surface area contributed by atoms with Gasteiger partial charge in [-0.15, -0.1) is 0 Å². The van der Waals surface area contributed by atoms with E-state index in [9.17, 15) is 14.0 Å². The molecule has 0 aliphatic heterocycles. The largest absolute Gasteiger partial charge is 0.352 e. The SMILES string of the molecule is CC[C@@H](C)NC(=O)[C@@H](C)N(Cc1ccccc1F)C(=O)CCc1ccc(C)cc1. The van der Waals surface area contributed by atoms with Gasteiger partial charge in [-0.05, 0) is 45.2 Å². The lowest BCUT2D eigenvalue weighted by molar-refractivity contribution is -0.140. The van der Waals surface area contributed by atoms with Gasteiger partial charge in [0, 0.05) is 24.6 Å². The van der Waals surface area contributed by atoms with Gasteiger partial charge in [0.05, 0.1) is 0 Å². The van der Waals surface area contributed by atoms with Crippen LogP contribution in [0.2, 0.25) is 0 Å². The van der Waals surface area contributed by atoms with E-state index in [0.29, 0.717) is 12.0 Å². The summed E-state index contributed by atoms with van der Waals surface area (Å²) >= 11 is 0. The minimum absolute atomic E-state index is 0.0166. The predicted octanol–water partition coefficient (Wildman–Crippen LogP) is 4.40. The molecule has 0 radical (unpaired) electrons. The Balaban J connectivity index is 2.15. The van der Waals surface area contributed by atoms with Crippen LogP contribution >= 0.6 is 0 Å². The summed E-state index contributed by atoms with van der Waals surface area (Å²) < 4.78 is 14.2. The summed E-state index contributed by atoms with van der Waals surface area (Å²) in [5, 5.41) is 2.92. The number of benzene rings is 2. The molecule has 0 aliphatic rings. The number of amides is 2. The van der Waals surface area contributed by atoms with Crippen LogP contribution < -0.4 is 5.32 Å². The van der Waals surface area contributed by atoms with Gasteiger partial charge in [-0.1, -0.05) is 55.0 Å². The monoisotopic (exact) mass is 398 g/mol. The second kappa shape index (κ2) is 10.7. The van der Waals surface area contributed by atoms with Gasteiger partial charge in [0.15, 0.2) is 0 Å². The Labute approximate surface area is 173 Å². The van der Waals surface area contributed by atoms with Crippen molar-refractivity contribution in [1.82, 2.24) is 10.2 Å². The molecule has 4 nitrogen and oxygen atoms in total. The van der Waals surface area contributed by atoms with Crippen molar-refractivity contribution in [3.8, 4) is 0 Å². The molecule has 5 heteroatoms. The van der Waals surface area contributed by atoms with Gasteiger partial charge in [0.25, 0.3) is 0 Å². The van der Waals surface area contributed by atoms with Crippen LogP contribution in [-0.4, -0.2) is 28.8 Å². The highest BCUT2D eigenvalue weighted by Gasteiger charge is 2.27. The van der Waals surface area contributed by atoms with Gasteiger partial charge in [0.2, 0.25) is 11.8 Å². The summed E-state index contributed by atoms with van der Waals surface area (Å²) in [6.07, 6.45) is 1.64. The number of hydrogen-bond acceptors (Lipinski definition) is 2. The van der Waals surface area contributed by atoms with Crippen LogP contribution in [0, 0.1) is 12.7 Å². The maximum atomic E-state index is 14.2. The average Bonchev–Trinajstić information content (AvgIpc) is 2.71. The van der Waals surface area contributed by atoms with E-state index in [4.69, 9.17) is 0 Å². The number of nitrogens with one attached hydrogen (secondary N) is 1. The third-order valence-electron chi connectivity index (χ3n) is 5.21. The van der Waals surface area contributed by atoms with Crippen LogP contribution in [0.4, 0.5) is 4.39 Å². The summed E-state index contributed by atoms with van der Waals surface area (Å²) in [6, 6.07) is 13.7. The van der Waals surface area contributed by atoms with Crippen molar-refractivity contribution < 1.29 is 14.0 Å². The molecule has 2 aromatic carbocycles. The minimum Gasteiger partial charge on any atom is -0.352 e. The fourth-order valence-corrected chi connectivity index (χ4v) is 3.01.